The molecule has 94 valence electrons. The van der Waals surface area contributed by atoms with Crippen LogP contribution in [0.5, 0.6) is 0 Å². The lowest BCUT2D eigenvalue weighted by Crippen LogP contribution is -2.00. The first-order chi connectivity index (χ1) is 8.74. The van der Waals surface area contributed by atoms with Crippen molar-refractivity contribution in [3.8, 4) is 0 Å². The molecule has 6 nitrogen and oxygen atoms in total. The summed E-state index contributed by atoms with van der Waals surface area (Å²) in [5.74, 6) is -0.170. The Morgan fingerprint density at radius 2 is 2.39 bits per heavy atom. The normalized spacial score (nSPS) is 11.0. The van der Waals surface area contributed by atoms with Crippen molar-refractivity contribution in [2.45, 2.75) is 13.5 Å². The molecule has 2 aromatic heterocycles. The van der Waals surface area contributed by atoms with Crippen LogP contribution in [-0.4, -0.2) is 27.8 Å². The van der Waals surface area contributed by atoms with Crippen LogP contribution in [0.2, 0.25) is 0 Å². The van der Waals surface area contributed by atoms with E-state index < -0.39 is 5.97 Å². The van der Waals surface area contributed by atoms with Gasteiger partial charge in [-0.05, 0) is 19.1 Å². The zero-order chi connectivity index (χ0) is 13.0. The number of rotatable bonds is 4. The average Bonchev–Trinajstić information content (AvgIpc) is 3.03. The van der Waals surface area contributed by atoms with Crippen LogP contribution in [0, 0.1) is 0 Å². The summed E-state index contributed by atoms with van der Waals surface area (Å²) in [6, 6.07) is 1.88. The molecule has 0 aliphatic rings. The van der Waals surface area contributed by atoms with E-state index in [2.05, 4.69) is 14.8 Å². The molecule has 0 N–H and O–H groups in total. The Balaban J connectivity index is 2.14. The van der Waals surface area contributed by atoms with Crippen LogP contribution in [0.15, 0.2) is 22.9 Å². The molecule has 2 rings (SSSR count). The fourth-order valence-corrected chi connectivity index (χ4v) is 1.47. The molecule has 0 unspecified atom stereocenters. The number of aromatic nitrogens is 3. The van der Waals surface area contributed by atoms with Gasteiger partial charge in [-0.15, -0.1) is 0 Å². The van der Waals surface area contributed by atoms with Crippen LogP contribution in [0.3, 0.4) is 0 Å². The van der Waals surface area contributed by atoms with Gasteiger partial charge in [0.25, 0.3) is 0 Å². The molecule has 6 heteroatoms. The first kappa shape index (κ1) is 12.1. The maximum Gasteiger partial charge on any atom is 0.360 e. The highest BCUT2D eigenvalue weighted by molar-refractivity contribution is 5.87. The number of carbonyl (C=O) groups is 1. The average molecular weight is 247 g/mol. The second kappa shape index (κ2) is 5.31. The van der Waals surface area contributed by atoms with Crippen molar-refractivity contribution >= 4 is 18.1 Å². The summed E-state index contributed by atoms with van der Waals surface area (Å²) in [5.41, 5.74) is 1.09. The lowest BCUT2D eigenvalue weighted by Gasteiger charge is -1.97. The van der Waals surface area contributed by atoms with Crippen LogP contribution in [-0.2, 0) is 11.3 Å². The van der Waals surface area contributed by atoms with Crippen LogP contribution in [0.25, 0.3) is 12.2 Å². The first-order valence-electron chi connectivity index (χ1n) is 5.48. The highest BCUT2D eigenvalue weighted by atomic mass is 16.5. The molecular weight excluding hydrogens is 234 g/mol. The van der Waals surface area contributed by atoms with Gasteiger partial charge < -0.3 is 9.15 Å². The predicted octanol–water partition coefficient (Wildman–Crippen LogP) is 1.85. The molecule has 0 spiro atoms. The van der Waals surface area contributed by atoms with E-state index in [1.165, 1.54) is 13.4 Å². The molecule has 0 aliphatic carbocycles. The summed E-state index contributed by atoms with van der Waals surface area (Å²) in [4.78, 5) is 15.2. The minimum Gasteiger partial charge on any atom is -0.464 e. The Labute approximate surface area is 104 Å². The molecule has 0 aliphatic heterocycles. The van der Waals surface area contributed by atoms with Crippen molar-refractivity contribution in [3.63, 3.8) is 0 Å². The number of ether oxygens (including phenoxy) is 1. The molecule has 0 saturated carbocycles. The number of hydrogen-bond donors (Lipinski definition) is 0. The van der Waals surface area contributed by atoms with Gasteiger partial charge in [0.15, 0.2) is 5.69 Å². The molecule has 18 heavy (non-hydrogen) atoms. The monoisotopic (exact) mass is 247 g/mol. The summed E-state index contributed by atoms with van der Waals surface area (Å²) >= 11 is 0. The van der Waals surface area contributed by atoms with E-state index in [1.54, 1.807) is 12.3 Å². The molecule has 0 radical (unpaired) electrons. The van der Waals surface area contributed by atoms with E-state index in [4.69, 9.17) is 4.42 Å². The summed E-state index contributed by atoms with van der Waals surface area (Å²) < 4.78 is 11.5. The fourth-order valence-electron chi connectivity index (χ4n) is 1.47. The molecule has 2 aromatic rings. The van der Waals surface area contributed by atoms with Crippen LogP contribution in [0.1, 0.15) is 29.0 Å². The van der Waals surface area contributed by atoms with Crippen LogP contribution < -0.4 is 0 Å². The van der Waals surface area contributed by atoms with Gasteiger partial charge in [-0.2, -0.15) is 5.10 Å². The molecule has 0 fully saturated rings. The van der Waals surface area contributed by atoms with E-state index >= 15 is 0 Å². The van der Waals surface area contributed by atoms with Crippen molar-refractivity contribution in [1.82, 2.24) is 14.8 Å². The van der Waals surface area contributed by atoms with Gasteiger partial charge in [-0.1, -0.05) is 0 Å². The van der Waals surface area contributed by atoms with Crippen LogP contribution >= 0.6 is 0 Å². The Hall–Kier alpha value is -2.37. The third-order valence-electron chi connectivity index (χ3n) is 2.36. The van der Waals surface area contributed by atoms with Gasteiger partial charge in [0, 0.05) is 18.8 Å². The molecular formula is C12H13N3O3. The largest absolute Gasteiger partial charge is 0.464 e. The SMILES string of the molecule is CCn1nccc1/C=C/c1nc(C(=O)OC)co1. The first-order valence-corrected chi connectivity index (χ1v) is 5.48. The lowest BCUT2D eigenvalue weighted by atomic mass is 10.3. The van der Waals surface area contributed by atoms with Crippen molar-refractivity contribution in [2.24, 2.45) is 0 Å². The highest BCUT2D eigenvalue weighted by Crippen LogP contribution is 2.09. The smallest absolute Gasteiger partial charge is 0.360 e. The third-order valence-corrected chi connectivity index (χ3v) is 2.36. The molecule has 0 bridgehead atoms. The number of nitrogens with zero attached hydrogens (tertiary/aromatic N) is 3. The van der Waals surface area contributed by atoms with E-state index in [-0.39, 0.29) is 5.69 Å². The van der Waals surface area contributed by atoms with Crippen molar-refractivity contribution < 1.29 is 13.9 Å². The number of carbonyl (C=O) groups excluding carboxylic acids is 1. The lowest BCUT2D eigenvalue weighted by molar-refractivity contribution is 0.0594. The second-order valence-corrected chi connectivity index (χ2v) is 3.47. The summed E-state index contributed by atoms with van der Waals surface area (Å²) in [6.07, 6.45) is 6.49. The van der Waals surface area contributed by atoms with E-state index in [0.29, 0.717) is 5.89 Å². The molecule has 0 saturated heterocycles. The van der Waals surface area contributed by atoms with E-state index in [9.17, 15) is 4.79 Å². The van der Waals surface area contributed by atoms with Crippen molar-refractivity contribution in [3.05, 3.63) is 35.8 Å². The second-order valence-electron chi connectivity index (χ2n) is 3.47. The molecule has 0 atom stereocenters. The molecule has 0 aromatic carbocycles. The van der Waals surface area contributed by atoms with Crippen molar-refractivity contribution in [2.75, 3.05) is 7.11 Å². The number of aryl methyl sites for hydroxylation is 1. The predicted molar refractivity (Wildman–Crippen MR) is 64.7 cm³/mol. The summed E-state index contributed by atoms with van der Waals surface area (Å²) in [6.45, 7) is 2.79. The minimum atomic E-state index is -0.517. The maximum absolute atomic E-state index is 11.2. The van der Waals surface area contributed by atoms with Gasteiger partial charge in [0.05, 0.1) is 12.8 Å². The maximum atomic E-state index is 11.2. The van der Waals surface area contributed by atoms with E-state index in [0.717, 1.165) is 12.2 Å². The Bertz CT molecular complexity index is 569. The Morgan fingerprint density at radius 3 is 3.11 bits per heavy atom. The van der Waals surface area contributed by atoms with E-state index in [1.807, 2.05) is 23.7 Å². The summed E-state index contributed by atoms with van der Waals surface area (Å²) in [7, 11) is 1.30. The van der Waals surface area contributed by atoms with Gasteiger partial charge in [0.1, 0.15) is 6.26 Å². The minimum absolute atomic E-state index is 0.154. The zero-order valence-electron chi connectivity index (χ0n) is 10.2. The molecule has 2 heterocycles. The van der Waals surface area contributed by atoms with Gasteiger partial charge in [0.2, 0.25) is 5.89 Å². The standard InChI is InChI=1S/C12H13N3O3/c1-3-15-9(6-7-13-15)4-5-11-14-10(8-18-11)12(16)17-2/h4-8H,3H2,1-2H3/b5-4+. The van der Waals surface area contributed by atoms with Crippen LogP contribution in [0.4, 0.5) is 0 Å². The quantitative estimate of drug-likeness (QED) is 0.771. The number of methoxy groups -OCH3 is 1. The third kappa shape index (κ3) is 2.48. The number of oxazole rings is 1. The summed E-state index contributed by atoms with van der Waals surface area (Å²) in [5, 5.41) is 4.13. The topological polar surface area (TPSA) is 70.2 Å². The highest BCUT2D eigenvalue weighted by Gasteiger charge is 2.10. The number of hydrogen-bond acceptors (Lipinski definition) is 5. The molecule has 0 amide bonds. The number of esters is 1. The fraction of sp³-hybridized carbons (Fsp3) is 0.250. The van der Waals surface area contributed by atoms with Gasteiger partial charge >= 0.3 is 5.97 Å². The van der Waals surface area contributed by atoms with Gasteiger partial charge in [-0.3, -0.25) is 4.68 Å². The zero-order valence-corrected chi connectivity index (χ0v) is 10.2. The van der Waals surface area contributed by atoms with Gasteiger partial charge in [-0.25, -0.2) is 9.78 Å². The Morgan fingerprint density at radius 1 is 1.56 bits per heavy atom. The Kier molecular flexibility index (Phi) is 3.57. The van der Waals surface area contributed by atoms with Crippen molar-refractivity contribution in [1.29, 1.82) is 0 Å².